The first-order chi connectivity index (χ1) is 14.7. The second kappa shape index (κ2) is 8.18. The SMILES string of the molecule is CC1=C(C(=O)N2CCCCC2)C(c2ccc(N(C)C)cc2)C2=C(CC(C)(C)CC2=O)N1. The number of anilines is 1. The van der Waals surface area contributed by atoms with E-state index in [0.29, 0.717) is 6.42 Å². The first-order valence-electron chi connectivity index (χ1n) is 11.5. The largest absolute Gasteiger partial charge is 0.378 e. The quantitative estimate of drug-likeness (QED) is 0.787. The van der Waals surface area contributed by atoms with Crippen LogP contribution in [-0.4, -0.2) is 43.8 Å². The summed E-state index contributed by atoms with van der Waals surface area (Å²) in [6.45, 7) is 7.88. The van der Waals surface area contributed by atoms with Crippen molar-refractivity contribution in [2.75, 3.05) is 32.1 Å². The van der Waals surface area contributed by atoms with Gasteiger partial charge < -0.3 is 15.1 Å². The van der Waals surface area contributed by atoms with Gasteiger partial charge in [0.25, 0.3) is 5.91 Å². The highest BCUT2D eigenvalue weighted by Crippen LogP contribution is 2.47. The summed E-state index contributed by atoms with van der Waals surface area (Å²) in [7, 11) is 4.03. The fraction of sp³-hybridized carbons (Fsp3) is 0.538. The van der Waals surface area contributed by atoms with E-state index in [4.69, 9.17) is 0 Å². The smallest absolute Gasteiger partial charge is 0.252 e. The number of dihydropyridines is 1. The molecule has 0 radical (unpaired) electrons. The zero-order valence-electron chi connectivity index (χ0n) is 19.5. The number of Topliss-reactive ketones (excluding diaryl/α,β-unsaturated/α-hetero) is 1. The number of ketones is 1. The molecule has 1 N–H and O–H groups in total. The maximum Gasteiger partial charge on any atom is 0.252 e. The second-order valence-electron chi connectivity index (χ2n) is 10.3. The van der Waals surface area contributed by atoms with E-state index in [1.807, 2.05) is 25.9 Å². The van der Waals surface area contributed by atoms with Crippen molar-refractivity contribution in [2.45, 2.75) is 58.8 Å². The first-order valence-corrected chi connectivity index (χ1v) is 11.5. The van der Waals surface area contributed by atoms with Crippen LogP contribution in [0, 0.1) is 5.41 Å². The molecule has 2 aliphatic heterocycles. The minimum absolute atomic E-state index is 0.0725. The van der Waals surface area contributed by atoms with Crippen LogP contribution in [0.15, 0.2) is 46.8 Å². The molecule has 1 amide bonds. The highest BCUT2D eigenvalue weighted by Gasteiger charge is 2.43. The number of allylic oxidation sites excluding steroid dienone is 3. The molecule has 31 heavy (non-hydrogen) atoms. The van der Waals surface area contributed by atoms with E-state index in [-0.39, 0.29) is 23.0 Å². The highest BCUT2D eigenvalue weighted by molar-refractivity contribution is 6.05. The summed E-state index contributed by atoms with van der Waals surface area (Å²) >= 11 is 0. The zero-order chi connectivity index (χ0) is 22.3. The molecule has 0 saturated carbocycles. The fourth-order valence-corrected chi connectivity index (χ4v) is 5.29. The van der Waals surface area contributed by atoms with Crippen LogP contribution in [0.4, 0.5) is 5.69 Å². The van der Waals surface area contributed by atoms with Crippen molar-refractivity contribution >= 4 is 17.4 Å². The standard InChI is InChI=1S/C26H35N3O2/c1-17-22(25(31)29-13-7-6-8-14-29)23(18-9-11-19(12-10-18)28(4)5)24-20(27-17)15-26(2,3)16-21(24)30/h9-12,23,27H,6-8,13-16H2,1-5H3. The number of carbonyl (C=O) groups excluding carboxylic acids is 2. The third-order valence-corrected chi connectivity index (χ3v) is 6.86. The van der Waals surface area contributed by atoms with Crippen LogP contribution in [0.2, 0.25) is 0 Å². The molecule has 0 bridgehead atoms. The molecule has 1 saturated heterocycles. The van der Waals surface area contributed by atoms with Crippen molar-refractivity contribution < 1.29 is 9.59 Å². The van der Waals surface area contributed by atoms with Crippen molar-refractivity contribution in [1.82, 2.24) is 10.2 Å². The molecule has 1 atom stereocenters. The van der Waals surface area contributed by atoms with Gasteiger partial charge in [-0.1, -0.05) is 26.0 Å². The third-order valence-electron chi connectivity index (χ3n) is 6.86. The summed E-state index contributed by atoms with van der Waals surface area (Å²) in [4.78, 5) is 31.2. The molecule has 1 unspecified atom stereocenters. The van der Waals surface area contributed by atoms with Gasteiger partial charge in [0, 0.05) is 67.8 Å². The average Bonchev–Trinajstić information content (AvgIpc) is 2.72. The van der Waals surface area contributed by atoms with Crippen molar-refractivity contribution in [1.29, 1.82) is 0 Å². The Kier molecular flexibility index (Phi) is 5.71. The molecule has 1 aliphatic carbocycles. The van der Waals surface area contributed by atoms with Gasteiger partial charge in [-0.3, -0.25) is 9.59 Å². The van der Waals surface area contributed by atoms with E-state index >= 15 is 0 Å². The normalized spacial score (nSPS) is 23.5. The van der Waals surface area contributed by atoms with Gasteiger partial charge in [-0.25, -0.2) is 0 Å². The number of rotatable bonds is 3. The minimum Gasteiger partial charge on any atom is -0.378 e. The molecule has 5 nitrogen and oxygen atoms in total. The van der Waals surface area contributed by atoms with Crippen LogP contribution in [0.5, 0.6) is 0 Å². The van der Waals surface area contributed by atoms with Crippen molar-refractivity contribution in [2.24, 2.45) is 5.41 Å². The Hall–Kier alpha value is -2.56. The second-order valence-corrected chi connectivity index (χ2v) is 10.3. The molecule has 3 aliphatic rings. The van der Waals surface area contributed by atoms with E-state index in [0.717, 1.165) is 66.1 Å². The molecule has 4 rings (SSSR count). The Labute approximate surface area is 186 Å². The minimum atomic E-state index is -0.300. The molecule has 1 aromatic carbocycles. The summed E-state index contributed by atoms with van der Waals surface area (Å²) in [5.41, 5.74) is 5.47. The number of nitrogens with zero attached hydrogens (tertiary/aromatic N) is 2. The summed E-state index contributed by atoms with van der Waals surface area (Å²) < 4.78 is 0. The van der Waals surface area contributed by atoms with Crippen LogP contribution in [0.25, 0.3) is 0 Å². The molecule has 0 spiro atoms. The number of likely N-dealkylation sites (tertiary alicyclic amines) is 1. The zero-order valence-corrected chi connectivity index (χ0v) is 19.5. The van der Waals surface area contributed by atoms with Gasteiger partial charge in [0.05, 0.1) is 0 Å². The Bertz CT molecular complexity index is 947. The van der Waals surface area contributed by atoms with E-state index in [9.17, 15) is 9.59 Å². The Morgan fingerprint density at radius 1 is 1.06 bits per heavy atom. The molecule has 166 valence electrons. The van der Waals surface area contributed by atoms with Crippen LogP contribution >= 0.6 is 0 Å². The van der Waals surface area contributed by atoms with Crippen LogP contribution in [-0.2, 0) is 9.59 Å². The lowest BCUT2D eigenvalue weighted by Gasteiger charge is -2.41. The van der Waals surface area contributed by atoms with E-state index < -0.39 is 0 Å². The summed E-state index contributed by atoms with van der Waals surface area (Å²) in [5, 5.41) is 3.49. The van der Waals surface area contributed by atoms with Crippen molar-refractivity contribution in [3.8, 4) is 0 Å². The number of nitrogens with one attached hydrogen (secondary N) is 1. The van der Waals surface area contributed by atoms with E-state index in [2.05, 4.69) is 48.3 Å². The molecule has 0 aromatic heterocycles. The van der Waals surface area contributed by atoms with Gasteiger partial charge in [-0.2, -0.15) is 0 Å². The molecule has 1 aromatic rings. The van der Waals surface area contributed by atoms with Crippen LogP contribution in [0.1, 0.15) is 64.4 Å². The van der Waals surface area contributed by atoms with Gasteiger partial charge in [-0.05, 0) is 55.7 Å². The van der Waals surface area contributed by atoms with Crippen molar-refractivity contribution in [3.63, 3.8) is 0 Å². The molecular weight excluding hydrogens is 386 g/mol. The van der Waals surface area contributed by atoms with Crippen molar-refractivity contribution in [3.05, 3.63) is 52.4 Å². The van der Waals surface area contributed by atoms with Gasteiger partial charge in [-0.15, -0.1) is 0 Å². The number of hydrogen-bond donors (Lipinski definition) is 1. The van der Waals surface area contributed by atoms with Gasteiger partial charge in [0.1, 0.15) is 0 Å². The number of hydrogen-bond acceptors (Lipinski definition) is 4. The van der Waals surface area contributed by atoms with Crippen LogP contribution in [0.3, 0.4) is 0 Å². The third kappa shape index (κ3) is 4.15. The monoisotopic (exact) mass is 421 g/mol. The predicted molar refractivity (Wildman–Crippen MR) is 125 cm³/mol. The first kappa shape index (κ1) is 21.7. The number of piperidine rings is 1. The maximum absolute atomic E-state index is 13.7. The molecule has 5 heteroatoms. The lowest BCUT2D eigenvalue weighted by atomic mass is 9.68. The summed E-state index contributed by atoms with van der Waals surface area (Å²) in [6.07, 6.45) is 4.62. The molecule has 1 fully saturated rings. The highest BCUT2D eigenvalue weighted by atomic mass is 16.2. The fourth-order valence-electron chi connectivity index (χ4n) is 5.29. The van der Waals surface area contributed by atoms with Gasteiger partial charge in [0.2, 0.25) is 0 Å². The Balaban J connectivity index is 1.81. The predicted octanol–water partition coefficient (Wildman–Crippen LogP) is 4.37. The Morgan fingerprint density at radius 3 is 2.32 bits per heavy atom. The molecule has 2 heterocycles. The maximum atomic E-state index is 13.7. The topological polar surface area (TPSA) is 52.7 Å². The number of carbonyl (C=O) groups is 2. The number of amides is 1. The molecular formula is C26H35N3O2. The summed E-state index contributed by atoms with van der Waals surface area (Å²) in [6, 6.07) is 8.32. The van der Waals surface area contributed by atoms with Gasteiger partial charge >= 0.3 is 0 Å². The summed E-state index contributed by atoms with van der Waals surface area (Å²) in [5.74, 6) is -0.0575. The van der Waals surface area contributed by atoms with E-state index in [1.54, 1.807) is 0 Å². The van der Waals surface area contributed by atoms with Gasteiger partial charge in [0.15, 0.2) is 5.78 Å². The van der Waals surface area contributed by atoms with E-state index in [1.165, 1.54) is 6.42 Å². The van der Waals surface area contributed by atoms with Crippen LogP contribution < -0.4 is 10.2 Å². The number of benzene rings is 1. The lowest BCUT2D eigenvalue weighted by molar-refractivity contribution is -0.128. The Morgan fingerprint density at radius 2 is 1.71 bits per heavy atom. The lowest BCUT2D eigenvalue weighted by Crippen LogP contribution is -2.43. The average molecular weight is 422 g/mol.